The Bertz CT molecular complexity index is 242. The van der Waals surface area contributed by atoms with Crippen LogP contribution >= 0.6 is 7.26 Å². The van der Waals surface area contributed by atoms with Crippen LogP contribution in [0.5, 0.6) is 0 Å². The van der Waals surface area contributed by atoms with E-state index < -0.39 is 7.26 Å². The molecular weight excluding hydrogens is 211 g/mol. The molecule has 3 nitrogen and oxygen atoms in total. The molecule has 4 heteroatoms. The molecule has 0 heterocycles. The van der Waals surface area contributed by atoms with Gasteiger partial charge in [-0.1, -0.05) is 0 Å². The molecule has 0 rings (SSSR count). The molecule has 0 aliphatic carbocycles. The number of aliphatic hydroxyl groups excluding tert-OH is 1. The van der Waals surface area contributed by atoms with E-state index >= 15 is 0 Å². The summed E-state index contributed by atoms with van der Waals surface area (Å²) in [6.45, 7) is 7.84. The molecule has 0 radical (unpaired) electrons. The first-order valence-corrected chi connectivity index (χ1v) is 8.09. The van der Waals surface area contributed by atoms with Gasteiger partial charge in [0.1, 0.15) is 0 Å². The Balaban J connectivity index is 5.41. The van der Waals surface area contributed by atoms with Gasteiger partial charge in [-0.05, 0) is 0 Å². The monoisotopic (exact) mass is 234 g/mol. The van der Waals surface area contributed by atoms with Crippen molar-refractivity contribution >= 4 is 13.2 Å². The predicted octanol–water partition coefficient (Wildman–Crippen LogP) is 2.76. The molecule has 0 aromatic rings. The second kappa shape index (κ2) is 6.12. The topological polar surface area (TPSA) is 46.5 Å². The molecule has 0 unspecified atom stereocenters. The van der Waals surface area contributed by atoms with E-state index in [1.165, 1.54) is 7.11 Å². The quantitative estimate of drug-likeness (QED) is 0.344. The Kier molecular flexibility index (Phi) is 5.89. The number of allylic oxidation sites excluding steroid dienone is 1. The standard InChI is InChI=1S/C11H23O3P/c1-6-15(7-2,8-3)10(9(4)12)11(13)14-5/h12,15H,6-8H2,1-5H3/b10-9+. The van der Waals surface area contributed by atoms with E-state index in [9.17, 15) is 9.90 Å². The first kappa shape index (κ1) is 14.4. The molecule has 0 fully saturated rings. The Labute approximate surface area is 92.9 Å². The second-order valence-electron chi connectivity index (χ2n) is 3.79. The fourth-order valence-corrected chi connectivity index (χ4v) is 5.99. The third-order valence-electron chi connectivity index (χ3n) is 3.31. The number of aliphatic hydroxyl groups is 1. The fraction of sp³-hybridized carbons (Fsp3) is 0.727. The number of carbonyl (C=O) groups excluding carboxylic acids is 1. The molecule has 1 N–H and O–H groups in total. The summed E-state index contributed by atoms with van der Waals surface area (Å²) in [7, 11) is -0.472. The Morgan fingerprint density at radius 3 is 1.80 bits per heavy atom. The average molecular weight is 234 g/mol. The number of carbonyl (C=O) groups is 1. The molecule has 0 aliphatic heterocycles. The van der Waals surface area contributed by atoms with Gasteiger partial charge in [0.2, 0.25) is 0 Å². The van der Waals surface area contributed by atoms with E-state index in [1.807, 2.05) is 0 Å². The summed E-state index contributed by atoms with van der Waals surface area (Å²) in [6, 6.07) is 0. The normalized spacial score (nSPS) is 14.5. The van der Waals surface area contributed by atoms with Crippen LogP contribution in [0.1, 0.15) is 27.7 Å². The molecular formula is C11H23O3P. The van der Waals surface area contributed by atoms with Gasteiger partial charge in [-0.2, -0.15) is 0 Å². The van der Waals surface area contributed by atoms with Crippen LogP contribution in [0, 0.1) is 0 Å². The minimum atomic E-state index is -1.84. The number of hydrogen-bond acceptors (Lipinski definition) is 3. The average Bonchev–Trinajstić information content (AvgIpc) is 2.24. The van der Waals surface area contributed by atoms with Crippen molar-refractivity contribution < 1.29 is 14.6 Å². The van der Waals surface area contributed by atoms with Crippen LogP contribution in [-0.4, -0.2) is 36.7 Å². The van der Waals surface area contributed by atoms with Gasteiger partial charge in [0, 0.05) is 0 Å². The van der Waals surface area contributed by atoms with Crippen molar-refractivity contribution in [2.75, 3.05) is 25.6 Å². The summed E-state index contributed by atoms with van der Waals surface area (Å²) >= 11 is 0. The first-order valence-electron chi connectivity index (χ1n) is 5.47. The summed E-state index contributed by atoms with van der Waals surface area (Å²) in [5, 5.41) is 10.2. The minimum absolute atomic E-state index is 0.138. The SMILES string of the molecule is CC[PH](CC)(CC)/C(C(=O)OC)=C(\C)O. The molecule has 0 spiro atoms. The summed E-state index contributed by atoms with van der Waals surface area (Å²) in [6.07, 6.45) is 2.88. The number of methoxy groups -OCH3 is 1. The van der Waals surface area contributed by atoms with Crippen molar-refractivity contribution in [1.29, 1.82) is 0 Å². The van der Waals surface area contributed by atoms with Gasteiger partial charge in [-0.25, -0.2) is 0 Å². The van der Waals surface area contributed by atoms with Crippen LogP contribution in [0.3, 0.4) is 0 Å². The maximum atomic E-state index is 11.7. The van der Waals surface area contributed by atoms with E-state index in [1.54, 1.807) is 6.92 Å². The van der Waals surface area contributed by atoms with Crippen LogP contribution in [0.25, 0.3) is 0 Å². The van der Waals surface area contributed by atoms with Crippen LogP contribution in [0.15, 0.2) is 11.1 Å². The zero-order valence-electron chi connectivity index (χ0n) is 10.4. The van der Waals surface area contributed by atoms with Gasteiger partial charge in [-0.15, -0.1) is 0 Å². The molecule has 0 amide bonds. The Morgan fingerprint density at radius 2 is 1.60 bits per heavy atom. The fourth-order valence-electron chi connectivity index (χ4n) is 2.13. The van der Waals surface area contributed by atoms with Crippen molar-refractivity contribution in [3.8, 4) is 0 Å². The van der Waals surface area contributed by atoms with Crippen LogP contribution in [0.4, 0.5) is 0 Å². The maximum absolute atomic E-state index is 11.7. The third kappa shape index (κ3) is 2.94. The molecule has 0 atom stereocenters. The molecule has 0 saturated carbocycles. The molecule has 0 saturated heterocycles. The van der Waals surface area contributed by atoms with Gasteiger partial charge in [0.25, 0.3) is 0 Å². The van der Waals surface area contributed by atoms with E-state index in [2.05, 4.69) is 20.8 Å². The zero-order valence-corrected chi connectivity index (χ0v) is 11.4. The molecule has 0 aliphatic rings. The molecule has 0 aromatic carbocycles. The molecule has 90 valence electrons. The summed E-state index contributed by atoms with van der Waals surface area (Å²) in [4.78, 5) is 11.7. The van der Waals surface area contributed by atoms with Gasteiger partial charge >= 0.3 is 92.2 Å². The van der Waals surface area contributed by atoms with Crippen molar-refractivity contribution in [2.24, 2.45) is 0 Å². The third-order valence-corrected chi connectivity index (χ3v) is 9.00. The number of ether oxygens (including phenoxy) is 1. The number of esters is 1. The van der Waals surface area contributed by atoms with Crippen molar-refractivity contribution in [3.63, 3.8) is 0 Å². The van der Waals surface area contributed by atoms with Gasteiger partial charge in [0.15, 0.2) is 0 Å². The number of rotatable bonds is 5. The van der Waals surface area contributed by atoms with Crippen LogP contribution in [0.2, 0.25) is 0 Å². The van der Waals surface area contributed by atoms with E-state index in [0.29, 0.717) is 5.31 Å². The van der Waals surface area contributed by atoms with Crippen molar-refractivity contribution in [3.05, 3.63) is 11.1 Å². The molecule has 0 bridgehead atoms. The van der Waals surface area contributed by atoms with Crippen LogP contribution < -0.4 is 0 Å². The van der Waals surface area contributed by atoms with Gasteiger partial charge in [-0.3, -0.25) is 0 Å². The predicted molar refractivity (Wildman–Crippen MR) is 67.3 cm³/mol. The second-order valence-corrected chi connectivity index (χ2v) is 8.97. The van der Waals surface area contributed by atoms with Crippen molar-refractivity contribution in [2.45, 2.75) is 27.7 Å². The van der Waals surface area contributed by atoms with E-state index in [-0.39, 0.29) is 11.7 Å². The summed E-state index contributed by atoms with van der Waals surface area (Å²) < 4.78 is 4.76. The van der Waals surface area contributed by atoms with E-state index in [0.717, 1.165) is 18.5 Å². The van der Waals surface area contributed by atoms with Gasteiger partial charge in [0.05, 0.1) is 0 Å². The zero-order chi connectivity index (χ0) is 12.1. The van der Waals surface area contributed by atoms with Crippen LogP contribution in [-0.2, 0) is 9.53 Å². The van der Waals surface area contributed by atoms with Gasteiger partial charge < -0.3 is 0 Å². The van der Waals surface area contributed by atoms with Crippen molar-refractivity contribution in [1.82, 2.24) is 0 Å². The molecule has 0 aromatic heterocycles. The first-order chi connectivity index (χ1) is 6.98. The van der Waals surface area contributed by atoms with E-state index in [4.69, 9.17) is 4.74 Å². The Hall–Kier alpha value is -0.560. The Morgan fingerprint density at radius 1 is 1.20 bits per heavy atom. The summed E-state index contributed by atoms with van der Waals surface area (Å²) in [5.74, 6) is -0.216. The molecule has 15 heavy (non-hydrogen) atoms. The number of hydrogen-bond donors (Lipinski definition) is 1. The summed E-state index contributed by atoms with van der Waals surface area (Å²) in [5.41, 5.74) is 0.